The Hall–Kier alpha value is -2.89. The molecule has 2 aromatic rings. The van der Waals surface area contributed by atoms with Gasteiger partial charge in [-0.3, -0.25) is 9.59 Å². The van der Waals surface area contributed by atoms with Crippen molar-refractivity contribution in [2.45, 2.75) is 25.3 Å². The predicted molar refractivity (Wildman–Crippen MR) is 93.3 cm³/mol. The lowest BCUT2D eigenvalue weighted by atomic mass is 10.1. The van der Waals surface area contributed by atoms with Crippen LogP contribution in [0.15, 0.2) is 42.5 Å². The summed E-state index contributed by atoms with van der Waals surface area (Å²) in [6.45, 7) is 0.655. The summed E-state index contributed by atoms with van der Waals surface area (Å²) in [7, 11) is 0. The molecule has 0 radical (unpaired) electrons. The smallest absolute Gasteiger partial charge is 0.326 e. The van der Waals surface area contributed by atoms with Gasteiger partial charge in [0.1, 0.15) is 6.04 Å². The Labute approximate surface area is 145 Å². The Bertz CT molecular complexity index is 818. The SMILES string of the molecule is O=C(NCCC(=O)N1CCC[C@@H]1C(=O)O)c1ccc2ccccc2c1. The van der Waals surface area contributed by atoms with E-state index in [0.29, 0.717) is 24.9 Å². The molecule has 2 aromatic carbocycles. The van der Waals surface area contributed by atoms with Crippen molar-refractivity contribution in [2.75, 3.05) is 13.1 Å². The molecule has 6 nitrogen and oxygen atoms in total. The zero-order chi connectivity index (χ0) is 17.8. The summed E-state index contributed by atoms with van der Waals surface area (Å²) in [4.78, 5) is 36.9. The lowest BCUT2D eigenvalue weighted by Crippen LogP contribution is -2.41. The number of hydrogen-bond acceptors (Lipinski definition) is 3. The summed E-state index contributed by atoms with van der Waals surface area (Å²) in [5, 5.41) is 13.9. The van der Waals surface area contributed by atoms with E-state index in [9.17, 15) is 14.4 Å². The van der Waals surface area contributed by atoms with Gasteiger partial charge in [-0.2, -0.15) is 0 Å². The van der Waals surface area contributed by atoms with Crippen molar-refractivity contribution in [3.8, 4) is 0 Å². The van der Waals surface area contributed by atoms with Gasteiger partial charge < -0.3 is 15.3 Å². The van der Waals surface area contributed by atoms with Crippen LogP contribution in [0.1, 0.15) is 29.6 Å². The van der Waals surface area contributed by atoms with Crippen LogP contribution in [0, 0.1) is 0 Å². The molecule has 130 valence electrons. The van der Waals surface area contributed by atoms with E-state index in [-0.39, 0.29) is 24.8 Å². The average molecular weight is 340 g/mol. The van der Waals surface area contributed by atoms with Crippen LogP contribution in [-0.2, 0) is 9.59 Å². The number of amides is 2. The van der Waals surface area contributed by atoms with E-state index in [1.807, 2.05) is 36.4 Å². The maximum Gasteiger partial charge on any atom is 0.326 e. The number of fused-ring (bicyclic) bond motifs is 1. The molecule has 2 N–H and O–H groups in total. The summed E-state index contributed by atoms with van der Waals surface area (Å²) in [6.07, 6.45) is 1.29. The zero-order valence-corrected chi connectivity index (χ0v) is 13.8. The first-order valence-electron chi connectivity index (χ1n) is 8.35. The standard InChI is InChI=1S/C19H20N2O4/c22-17(21-11-3-6-16(21)19(24)25)9-10-20-18(23)15-8-7-13-4-1-2-5-14(13)12-15/h1-2,4-5,7-8,12,16H,3,6,9-11H2,(H,20,23)(H,24,25)/t16-/m1/s1. The average Bonchev–Trinajstić information content (AvgIpc) is 3.11. The third-order valence-electron chi connectivity index (χ3n) is 4.49. The van der Waals surface area contributed by atoms with Gasteiger partial charge in [0, 0.05) is 25.1 Å². The van der Waals surface area contributed by atoms with Gasteiger partial charge in [-0.05, 0) is 35.7 Å². The molecule has 1 aliphatic heterocycles. The first-order valence-corrected chi connectivity index (χ1v) is 8.35. The van der Waals surface area contributed by atoms with Gasteiger partial charge in [0.25, 0.3) is 5.91 Å². The number of carboxylic acids is 1. The van der Waals surface area contributed by atoms with E-state index in [2.05, 4.69) is 5.32 Å². The predicted octanol–water partition coefficient (Wildman–Crippen LogP) is 2.04. The maximum atomic E-state index is 12.2. The number of hydrogen-bond donors (Lipinski definition) is 2. The minimum Gasteiger partial charge on any atom is -0.480 e. The second-order valence-electron chi connectivity index (χ2n) is 6.15. The molecule has 1 fully saturated rings. The fourth-order valence-corrected chi connectivity index (χ4v) is 3.18. The molecule has 3 rings (SSSR count). The fourth-order valence-electron chi connectivity index (χ4n) is 3.18. The Morgan fingerprint density at radius 1 is 1.12 bits per heavy atom. The minimum absolute atomic E-state index is 0.100. The van der Waals surface area contributed by atoms with E-state index in [1.165, 1.54) is 4.90 Å². The molecule has 0 aromatic heterocycles. The van der Waals surface area contributed by atoms with Crippen LogP contribution in [0.2, 0.25) is 0 Å². The molecule has 1 aliphatic rings. The molecule has 0 aliphatic carbocycles. The van der Waals surface area contributed by atoms with Gasteiger partial charge in [0.2, 0.25) is 5.91 Å². The molecule has 0 saturated carbocycles. The van der Waals surface area contributed by atoms with Gasteiger partial charge in [-0.25, -0.2) is 4.79 Å². The van der Waals surface area contributed by atoms with Crippen molar-refractivity contribution in [2.24, 2.45) is 0 Å². The van der Waals surface area contributed by atoms with Crippen molar-refractivity contribution in [3.05, 3.63) is 48.0 Å². The Balaban J connectivity index is 1.55. The largest absolute Gasteiger partial charge is 0.480 e. The molecular formula is C19H20N2O4. The number of carboxylic acid groups (broad SMARTS) is 1. The quantitative estimate of drug-likeness (QED) is 0.872. The monoisotopic (exact) mass is 340 g/mol. The van der Waals surface area contributed by atoms with Crippen molar-refractivity contribution in [1.29, 1.82) is 0 Å². The van der Waals surface area contributed by atoms with Crippen LogP contribution in [0.5, 0.6) is 0 Å². The summed E-state index contributed by atoms with van der Waals surface area (Å²) < 4.78 is 0. The molecule has 0 unspecified atom stereocenters. The van der Waals surface area contributed by atoms with Crippen molar-refractivity contribution in [3.63, 3.8) is 0 Å². The van der Waals surface area contributed by atoms with Gasteiger partial charge in [-0.1, -0.05) is 30.3 Å². The minimum atomic E-state index is -0.967. The van der Waals surface area contributed by atoms with Gasteiger partial charge in [-0.15, -0.1) is 0 Å². The number of carbonyl (C=O) groups is 3. The molecule has 1 saturated heterocycles. The van der Waals surface area contributed by atoms with E-state index >= 15 is 0 Å². The summed E-state index contributed by atoms with van der Waals surface area (Å²) in [5.41, 5.74) is 0.538. The van der Waals surface area contributed by atoms with Gasteiger partial charge in [0.05, 0.1) is 0 Å². The number of nitrogens with one attached hydrogen (secondary N) is 1. The van der Waals surface area contributed by atoms with Crippen LogP contribution in [0.25, 0.3) is 10.8 Å². The molecule has 1 heterocycles. The van der Waals surface area contributed by atoms with Gasteiger partial charge >= 0.3 is 5.97 Å². The first-order chi connectivity index (χ1) is 12.1. The second-order valence-corrected chi connectivity index (χ2v) is 6.15. The van der Waals surface area contributed by atoms with Crippen LogP contribution >= 0.6 is 0 Å². The Kier molecular flexibility index (Phi) is 4.97. The highest BCUT2D eigenvalue weighted by Gasteiger charge is 2.33. The number of nitrogens with zero attached hydrogens (tertiary/aromatic N) is 1. The number of benzene rings is 2. The van der Waals surface area contributed by atoms with E-state index in [4.69, 9.17) is 5.11 Å². The Morgan fingerprint density at radius 3 is 2.64 bits per heavy atom. The highest BCUT2D eigenvalue weighted by molar-refractivity contribution is 5.98. The maximum absolute atomic E-state index is 12.2. The lowest BCUT2D eigenvalue weighted by molar-refractivity contribution is -0.148. The van der Waals surface area contributed by atoms with Crippen LogP contribution in [-0.4, -0.2) is 46.9 Å². The Morgan fingerprint density at radius 2 is 1.88 bits per heavy atom. The van der Waals surface area contributed by atoms with Crippen LogP contribution < -0.4 is 5.32 Å². The molecule has 2 amide bonds. The van der Waals surface area contributed by atoms with Gasteiger partial charge in [0.15, 0.2) is 0 Å². The molecule has 0 bridgehead atoms. The number of likely N-dealkylation sites (tertiary alicyclic amines) is 1. The third-order valence-corrected chi connectivity index (χ3v) is 4.49. The topological polar surface area (TPSA) is 86.7 Å². The second kappa shape index (κ2) is 7.34. The summed E-state index contributed by atoms with van der Waals surface area (Å²) >= 11 is 0. The zero-order valence-electron chi connectivity index (χ0n) is 13.8. The van der Waals surface area contributed by atoms with E-state index in [1.54, 1.807) is 6.07 Å². The number of aliphatic carboxylic acids is 1. The third kappa shape index (κ3) is 3.79. The number of rotatable bonds is 5. The van der Waals surface area contributed by atoms with Crippen molar-refractivity contribution in [1.82, 2.24) is 10.2 Å². The highest BCUT2D eigenvalue weighted by atomic mass is 16.4. The van der Waals surface area contributed by atoms with Crippen LogP contribution in [0.3, 0.4) is 0 Å². The van der Waals surface area contributed by atoms with E-state index in [0.717, 1.165) is 10.8 Å². The molecule has 25 heavy (non-hydrogen) atoms. The molecule has 0 spiro atoms. The van der Waals surface area contributed by atoms with Crippen molar-refractivity contribution >= 4 is 28.6 Å². The van der Waals surface area contributed by atoms with Crippen molar-refractivity contribution < 1.29 is 19.5 Å². The molecule has 6 heteroatoms. The van der Waals surface area contributed by atoms with Crippen LogP contribution in [0.4, 0.5) is 0 Å². The normalized spacial score (nSPS) is 16.8. The first kappa shape index (κ1) is 17.0. The lowest BCUT2D eigenvalue weighted by Gasteiger charge is -2.21. The van der Waals surface area contributed by atoms with E-state index < -0.39 is 12.0 Å². The molecular weight excluding hydrogens is 320 g/mol. The number of carbonyl (C=O) groups excluding carboxylic acids is 2. The summed E-state index contributed by atoms with van der Waals surface area (Å²) in [5.74, 6) is -1.44. The highest BCUT2D eigenvalue weighted by Crippen LogP contribution is 2.18. The summed E-state index contributed by atoms with van der Waals surface area (Å²) in [6, 6.07) is 12.5. The fraction of sp³-hybridized carbons (Fsp3) is 0.316. The molecule has 1 atom stereocenters.